The SMILES string of the molecule is C#CC(C)OC(=O)C(C)(C)C. The van der Waals surface area contributed by atoms with Crippen molar-refractivity contribution in [3.8, 4) is 12.3 Å². The number of esters is 1. The summed E-state index contributed by atoms with van der Waals surface area (Å²) in [6, 6.07) is 0. The molecular formula is C9H14O2. The van der Waals surface area contributed by atoms with Crippen LogP contribution in [0, 0.1) is 17.8 Å². The zero-order valence-corrected chi connectivity index (χ0v) is 7.47. The summed E-state index contributed by atoms with van der Waals surface area (Å²) < 4.78 is 4.89. The number of hydrogen-bond donors (Lipinski definition) is 0. The third kappa shape index (κ3) is 3.67. The van der Waals surface area contributed by atoms with Crippen molar-refractivity contribution >= 4 is 5.97 Å². The highest BCUT2D eigenvalue weighted by atomic mass is 16.5. The minimum absolute atomic E-state index is 0.261. The van der Waals surface area contributed by atoms with Gasteiger partial charge in [-0.1, -0.05) is 5.92 Å². The number of ether oxygens (including phenoxy) is 1. The summed E-state index contributed by atoms with van der Waals surface area (Å²) in [5, 5.41) is 0. The first-order valence-electron chi connectivity index (χ1n) is 3.55. The summed E-state index contributed by atoms with van der Waals surface area (Å²) in [5.41, 5.74) is -0.467. The highest BCUT2D eigenvalue weighted by Crippen LogP contribution is 2.15. The molecule has 62 valence electrons. The highest BCUT2D eigenvalue weighted by molar-refractivity contribution is 5.75. The van der Waals surface area contributed by atoms with Gasteiger partial charge in [-0.3, -0.25) is 4.79 Å². The molecule has 0 aliphatic rings. The van der Waals surface area contributed by atoms with Crippen molar-refractivity contribution in [2.24, 2.45) is 5.41 Å². The second kappa shape index (κ2) is 3.43. The number of rotatable bonds is 1. The van der Waals surface area contributed by atoms with Gasteiger partial charge in [-0.05, 0) is 27.7 Å². The first-order valence-corrected chi connectivity index (χ1v) is 3.55. The Morgan fingerprint density at radius 1 is 1.55 bits per heavy atom. The van der Waals surface area contributed by atoms with Crippen molar-refractivity contribution in [1.82, 2.24) is 0 Å². The van der Waals surface area contributed by atoms with Crippen LogP contribution in [0.2, 0.25) is 0 Å². The normalized spacial score (nSPS) is 13.4. The Hall–Kier alpha value is -0.970. The van der Waals surface area contributed by atoms with Crippen molar-refractivity contribution in [2.75, 3.05) is 0 Å². The highest BCUT2D eigenvalue weighted by Gasteiger charge is 2.24. The van der Waals surface area contributed by atoms with Crippen LogP contribution in [0.5, 0.6) is 0 Å². The van der Waals surface area contributed by atoms with E-state index in [0.717, 1.165) is 0 Å². The standard InChI is InChI=1S/C9H14O2/c1-6-7(2)11-8(10)9(3,4)5/h1,7H,2-5H3. The first-order chi connectivity index (χ1) is 4.88. The van der Waals surface area contributed by atoms with E-state index in [2.05, 4.69) is 5.92 Å². The van der Waals surface area contributed by atoms with Crippen LogP contribution in [0.4, 0.5) is 0 Å². The molecule has 0 N–H and O–H groups in total. The largest absolute Gasteiger partial charge is 0.449 e. The lowest BCUT2D eigenvalue weighted by Crippen LogP contribution is -2.26. The van der Waals surface area contributed by atoms with Crippen LogP contribution in [-0.4, -0.2) is 12.1 Å². The fraction of sp³-hybridized carbons (Fsp3) is 0.667. The molecular weight excluding hydrogens is 140 g/mol. The molecule has 2 heteroatoms. The third-order valence-electron chi connectivity index (χ3n) is 1.13. The molecule has 0 saturated heterocycles. The molecule has 0 rings (SSSR count). The quantitative estimate of drug-likeness (QED) is 0.423. The summed E-state index contributed by atoms with van der Waals surface area (Å²) in [5.74, 6) is 2.06. The topological polar surface area (TPSA) is 26.3 Å². The van der Waals surface area contributed by atoms with E-state index in [1.165, 1.54) is 0 Å². The Labute approximate surface area is 67.9 Å². The van der Waals surface area contributed by atoms with Crippen molar-refractivity contribution in [3.05, 3.63) is 0 Å². The lowest BCUT2D eigenvalue weighted by Gasteiger charge is -2.17. The van der Waals surface area contributed by atoms with E-state index >= 15 is 0 Å². The average molecular weight is 154 g/mol. The van der Waals surface area contributed by atoms with Gasteiger partial charge >= 0.3 is 5.97 Å². The summed E-state index contributed by atoms with van der Waals surface area (Å²) >= 11 is 0. The molecule has 0 aromatic rings. The van der Waals surface area contributed by atoms with Gasteiger partial charge in [0.2, 0.25) is 0 Å². The van der Waals surface area contributed by atoms with E-state index in [1.54, 1.807) is 27.7 Å². The molecule has 0 aromatic carbocycles. The Morgan fingerprint density at radius 3 is 2.27 bits per heavy atom. The maximum Gasteiger partial charge on any atom is 0.312 e. The lowest BCUT2D eigenvalue weighted by atomic mass is 9.97. The van der Waals surface area contributed by atoms with E-state index in [-0.39, 0.29) is 5.97 Å². The van der Waals surface area contributed by atoms with E-state index in [1.807, 2.05) is 0 Å². The molecule has 0 fully saturated rings. The van der Waals surface area contributed by atoms with Gasteiger partial charge in [-0.2, -0.15) is 0 Å². The van der Waals surface area contributed by atoms with Crippen LogP contribution in [0.25, 0.3) is 0 Å². The number of carbonyl (C=O) groups excluding carboxylic acids is 1. The van der Waals surface area contributed by atoms with Crippen molar-refractivity contribution in [2.45, 2.75) is 33.8 Å². The van der Waals surface area contributed by atoms with Crippen molar-refractivity contribution in [1.29, 1.82) is 0 Å². The van der Waals surface area contributed by atoms with Crippen molar-refractivity contribution < 1.29 is 9.53 Å². The Bertz CT molecular complexity index is 181. The molecule has 2 nitrogen and oxygen atoms in total. The third-order valence-corrected chi connectivity index (χ3v) is 1.13. The average Bonchev–Trinajstić information content (AvgIpc) is 1.85. The predicted octanol–water partition coefficient (Wildman–Crippen LogP) is 1.60. The number of hydrogen-bond acceptors (Lipinski definition) is 2. The maximum atomic E-state index is 11.1. The molecule has 0 aliphatic carbocycles. The molecule has 11 heavy (non-hydrogen) atoms. The summed E-state index contributed by atoms with van der Waals surface area (Å²) in [6.45, 7) is 7.04. The smallest absolute Gasteiger partial charge is 0.312 e. The van der Waals surface area contributed by atoms with Gasteiger partial charge < -0.3 is 4.74 Å². The van der Waals surface area contributed by atoms with Gasteiger partial charge in [0.1, 0.15) is 0 Å². The van der Waals surface area contributed by atoms with Gasteiger partial charge in [0.05, 0.1) is 5.41 Å². The molecule has 0 bridgehead atoms. The monoisotopic (exact) mass is 154 g/mol. The summed E-state index contributed by atoms with van der Waals surface area (Å²) in [7, 11) is 0. The van der Waals surface area contributed by atoms with Crippen LogP contribution in [0.1, 0.15) is 27.7 Å². The molecule has 0 radical (unpaired) electrons. The Kier molecular flexibility index (Phi) is 3.13. The van der Waals surface area contributed by atoms with Crippen molar-refractivity contribution in [3.63, 3.8) is 0 Å². The fourth-order valence-corrected chi connectivity index (χ4v) is 0.371. The molecule has 0 aromatic heterocycles. The minimum Gasteiger partial charge on any atom is -0.449 e. The molecule has 0 amide bonds. The molecule has 0 saturated carbocycles. The second-order valence-corrected chi connectivity index (χ2v) is 3.46. The van der Waals surface area contributed by atoms with Crippen LogP contribution in [0.15, 0.2) is 0 Å². The Balaban J connectivity index is 4.01. The van der Waals surface area contributed by atoms with Gasteiger partial charge in [-0.25, -0.2) is 0 Å². The number of carbonyl (C=O) groups is 1. The van der Waals surface area contributed by atoms with E-state index in [9.17, 15) is 4.79 Å². The molecule has 0 aliphatic heterocycles. The van der Waals surface area contributed by atoms with Gasteiger partial charge in [-0.15, -0.1) is 6.42 Å². The second-order valence-electron chi connectivity index (χ2n) is 3.46. The van der Waals surface area contributed by atoms with E-state index < -0.39 is 11.5 Å². The minimum atomic E-state index is -0.467. The molecule has 1 unspecified atom stereocenters. The van der Waals surface area contributed by atoms with E-state index in [0.29, 0.717) is 0 Å². The molecule has 0 spiro atoms. The molecule has 0 heterocycles. The van der Waals surface area contributed by atoms with Crippen LogP contribution >= 0.6 is 0 Å². The van der Waals surface area contributed by atoms with Gasteiger partial charge in [0.15, 0.2) is 6.10 Å². The van der Waals surface area contributed by atoms with Crippen LogP contribution < -0.4 is 0 Å². The zero-order valence-electron chi connectivity index (χ0n) is 7.47. The zero-order chi connectivity index (χ0) is 9.07. The molecule has 1 atom stereocenters. The Morgan fingerprint density at radius 2 is 2.00 bits per heavy atom. The first kappa shape index (κ1) is 10.0. The van der Waals surface area contributed by atoms with Gasteiger partial charge in [0.25, 0.3) is 0 Å². The summed E-state index contributed by atoms with van der Waals surface area (Å²) in [4.78, 5) is 11.1. The predicted molar refractivity (Wildman–Crippen MR) is 43.8 cm³/mol. The maximum absolute atomic E-state index is 11.1. The number of terminal acetylenes is 1. The van der Waals surface area contributed by atoms with Crippen LogP contribution in [-0.2, 0) is 9.53 Å². The summed E-state index contributed by atoms with van der Waals surface area (Å²) in [6.07, 6.45) is 4.61. The lowest BCUT2D eigenvalue weighted by molar-refractivity contribution is -0.155. The van der Waals surface area contributed by atoms with E-state index in [4.69, 9.17) is 11.2 Å². The fourth-order valence-electron chi connectivity index (χ4n) is 0.371. The van der Waals surface area contributed by atoms with Crippen LogP contribution in [0.3, 0.4) is 0 Å². The van der Waals surface area contributed by atoms with Gasteiger partial charge in [0, 0.05) is 0 Å².